The maximum atomic E-state index is 14.3. The molecule has 1 rings (SSSR count). The van der Waals surface area contributed by atoms with Crippen molar-refractivity contribution < 1.29 is 41.5 Å². The summed E-state index contributed by atoms with van der Waals surface area (Å²) in [5, 5.41) is -0.921. The number of hydrogen-bond donors (Lipinski definition) is 0. The Labute approximate surface area is 298 Å². The minimum Gasteiger partial charge on any atom is -0.464 e. The van der Waals surface area contributed by atoms with Gasteiger partial charge in [-0.25, -0.2) is 4.79 Å². The second-order valence-corrected chi connectivity index (χ2v) is 38.6. The first-order valence-corrected chi connectivity index (χ1v) is 29.4. The molecule has 1 heterocycles. The maximum absolute atomic E-state index is 14.3. The van der Waals surface area contributed by atoms with E-state index >= 15 is 0 Å². The van der Waals surface area contributed by atoms with Crippen LogP contribution < -0.4 is 0 Å². The van der Waals surface area contributed by atoms with Gasteiger partial charge in [-0.1, -0.05) is 83.1 Å². The highest BCUT2D eigenvalue weighted by molar-refractivity contribution is 6.75. The molecule has 1 saturated heterocycles. The number of hydrogen-bond acceptors (Lipinski definition) is 9. The molecule has 4 atom stereocenters. The lowest BCUT2D eigenvalue weighted by Crippen LogP contribution is -2.70. The van der Waals surface area contributed by atoms with Gasteiger partial charge in [0.15, 0.2) is 39.4 Å². The van der Waals surface area contributed by atoms with Crippen LogP contribution in [-0.2, 0) is 41.5 Å². The highest BCUT2D eigenvalue weighted by Crippen LogP contribution is 2.48. The Hall–Kier alpha value is -0.232. The second-order valence-electron chi connectivity index (χ2n) is 19.5. The van der Waals surface area contributed by atoms with Crippen LogP contribution in [0.15, 0.2) is 0 Å². The summed E-state index contributed by atoms with van der Waals surface area (Å²) >= 11 is 0. The molecule has 0 N–H and O–H groups in total. The van der Waals surface area contributed by atoms with Crippen LogP contribution in [0, 0.1) is 0 Å². The zero-order valence-electron chi connectivity index (χ0n) is 34.7. The molecule has 0 aliphatic carbocycles. The average molecular weight is 751 g/mol. The lowest BCUT2D eigenvalue weighted by Gasteiger charge is -2.53. The standard InChI is InChI=1S/C35H74O9Si4/c1-22-38-30(37)27(42-46(16,17)32(5,6)7)29(44-48(20,21)34(11,12)13)35(39-23-24-40-35)28(43-47(18,19)33(8,9)10)26(25-36)41-45(14,15)31(2,3)4/h25-29H,22-24H2,1-21H3/t26-,27-,28+,29-/m0/s1. The van der Waals surface area contributed by atoms with Crippen molar-refractivity contribution in [2.24, 2.45) is 0 Å². The van der Waals surface area contributed by atoms with Crippen molar-refractivity contribution in [3.05, 3.63) is 0 Å². The molecule has 0 aromatic rings. The van der Waals surface area contributed by atoms with Crippen LogP contribution in [0.2, 0.25) is 72.5 Å². The highest BCUT2D eigenvalue weighted by atomic mass is 28.4. The number of carbonyl (C=O) groups is 2. The molecule has 48 heavy (non-hydrogen) atoms. The molecule has 0 radical (unpaired) electrons. The molecule has 0 unspecified atom stereocenters. The van der Waals surface area contributed by atoms with Crippen molar-refractivity contribution in [3.63, 3.8) is 0 Å². The first kappa shape index (κ1) is 45.8. The van der Waals surface area contributed by atoms with Gasteiger partial charge in [-0.15, -0.1) is 0 Å². The van der Waals surface area contributed by atoms with Crippen molar-refractivity contribution in [1.29, 1.82) is 0 Å². The number of aldehydes is 1. The fourth-order valence-electron chi connectivity index (χ4n) is 4.29. The van der Waals surface area contributed by atoms with E-state index in [2.05, 4.69) is 135 Å². The predicted molar refractivity (Wildman–Crippen MR) is 206 cm³/mol. The van der Waals surface area contributed by atoms with E-state index in [-0.39, 0.29) is 40.0 Å². The van der Waals surface area contributed by atoms with Crippen LogP contribution in [0.4, 0.5) is 0 Å². The molecule has 9 nitrogen and oxygen atoms in total. The van der Waals surface area contributed by atoms with E-state index in [1.165, 1.54) is 0 Å². The number of carbonyl (C=O) groups excluding carboxylic acids is 2. The molecule has 1 aliphatic rings. The third-order valence-corrected chi connectivity index (χ3v) is 29.5. The van der Waals surface area contributed by atoms with Gasteiger partial charge in [0.2, 0.25) is 5.79 Å². The monoisotopic (exact) mass is 750 g/mol. The van der Waals surface area contributed by atoms with Crippen LogP contribution in [0.25, 0.3) is 0 Å². The fraction of sp³-hybridized carbons (Fsp3) is 0.943. The van der Waals surface area contributed by atoms with E-state index in [1.54, 1.807) is 6.92 Å². The van der Waals surface area contributed by atoms with E-state index in [0.29, 0.717) is 0 Å². The molecule has 1 aliphatic heterocycles. The van der Waals surface area contributed by atoms with Crippen LogP contribution in [0.5, 0.6) is 0 Å². The summed E-state index contributed by atoms with van der Waals surface area (Å²) in [5.74, 6) is -2.28. The first-order chi connectivity index (χ1) is 21.1. The lowest BCUT2D eigenvalue weighted by atomic mass is 9.95. The zero-order valence-corrected chi connectivity index (χ0v) is 38.7. The Balaban J connectivity index is 4.35. The van der Waals surface area contributed by atoms with Gasteiger partial charge >= 0.3 is 5.97 Å². The van der Waals surface area contributed by atoms with Crippen LogP contribution >= 0.6 is 0 Å². The normalized spacial score (nSPS) is 19.9. The van der Waals surface area contributed by atoms with Gasteiger partial charge in [-0.3, -0.25) is 0 Å². The predicted octanol–water partition coefficient (Wildman–Crippen LogP) is 9.05. The first-order valence-electron chi connectivity index (χ1n) is 17.8. The summed E-state index contributed by atoms with van der Waals surface area (Å²) in [6.45, 7) is 45.0. The summed E-state index contributed by atoms with van der Waals surface area (Å²) in [6, 6.07) is 0. The van der Waals surface area contributed by atoms with Crippen molar-refractivity contribution in [2.75, 3.05) is 19.8 Å². The van der Waals surface area contributed by atoms with E-state index in [1.807, 2.05) is 0 Å². The maximum Gasteiger partial charge on any atom is 0.336 e. The second kappa shape index (κ2) is 15.4. The number of ether oxygens (including phenoxy) is 3. The van der Waals surface area contributed by atoms with E-state index in [4.69, 9.17) is 31.9 Å². The molecule has 0 bridgehead atoms. The summed E-state index contributed by atoms with van der Waals surface area (Å²) in [6.07, 6.45) is -3.66. The molecule has 0 amide bonds. The van der Waals surface area contributed by atoms with Gasteiger partial charge < -0.3 is 36.7 Å². The molecule has 0 saturated carbocycles. The van der Waals surface area contributed by atoms with Crippen molar-refractivity contribution in [2.45, 2.75) is 193 Å². The lowest BCUT2D eigenvalue weighted by molar-refractivity contribution is -0.286. The highest BCUT2D eigenvalue weighted by Gasteiger charge is 2.64. The van der Waals surface area contributed by atoms with Crippen LogP contribution in [0.3, 0.4) is 0 Å². The van der Waals surface area contributed by atoms with Gasteiger partial charge in [0.05, 0.1) is 19.8 Å². The molecule has 1 fully saturated rings. The Kier molecular flexibility index (Phi) is 14.7. The minimum atomic E-state index is -2.70. The minimum absolute atomic E-state index is 0.160. The molecule has 0 aromatic heterocycles. The molecule has 284 valence electrons. The van der Waals surface area contributed by atoms with Crippen LogP contribution in [-0.4, -0.2) is 95.5 Å². The van der Waals surface area contributed by atoms with Crippen molar-refractivity contribution >= 4 is 45.5 Å². The fourth-order valence-corrected chi connectivity index (χ4v) is 9.27. The molecular weight excluding hydrogens is 677 g/mol. The largest absolute Gasteiger partial charge is 0.464 e. The molecule has 13 heteroatoms. The summed E-state index contributed by atoms with van der Waals surface area (Å²) in [4.78, 5) is 27.7. The summed E-state index contributed by atoms with van der Waals surface area (Å²) < 4.78 is 47.8. The quantitative estimate of drug-likeness (QED) is 0.0923. The third kappa shape index (κ3) is 10.4. The Bertz CT molecular complexity index is 1070. The van der Waals surface area contributed by atoms with Gasteiger partial charge in [0, 0.05) is 0 Å². The SMILES string of the molecule is CCOC(=O)[C@@H](O[Si](C)(C)C(C)(C)C)[C@H](O[Si](C)(C)C(C)(C)C)C1([C@H](O[Si](C)(C)C(C)(C)C)[C@H](C=O)O[Si](C)(C)C(C)(C)C)OCCO1. The van der Waals surface area contributed by atoms with E-state index in [0.717, 1.165) is 6.29 Å². The Morgan fingerprint density at radius 2 is 0.958 bits per heavy atom. The zero-order chi connectivity index (χ0) is 38.2. The summed E-state index contributed by atoms with van der Waals surface area (Å²) in [7, 11) is -10.5. The van der Waals surface area contributed by atoms with E-state index < -0.39 is 69.4 Å². The van der Waals surface area contributed by atoms with E-state index in [9.17, 15) is 9.59 Å². The summed E-state index contributed by atoms with van der Waals surface area (Å²) in [5.41, 5.74) is 0. The van der Waals surface area contributed by atoms with Crippen molar-refractivity contribution in [3.8, 4) is 0 Å². The third-order valence-electron chi connectivity index (χ3n) is 11.7. The molecule has 0 aromatic carbocycles. The topological polar surface area (TPSA) is 98.8 Å². The Morgan fingerprint density at radius 1 is 0.625 bits per heavy atom. The van der Waals surface area contributed by atoms with Gasteiger partial charge in [0.25, 0.3) is 0 Å². The van der Waals surface area contributed by atoms with Gasteiger partial charge in [-0.2, -0.15) is 0 Å². The molecule has 0 spiro atoms. The number of rotatable bonds is 15. The Morgan fingerprint density at radius 3 is 1.29 bits per heavy atom. The van der Waals surface area contributed by atoms with Gasteiger partial charge in [0.1, 0.15) is 24.6 Å². The van der Waals surface area contributed by atoms with Crippen LogP contribution in [0.1, 0.15) is 90.0 Å². The van der Waals surface area contributed by atoms with Crippen molar-refractivity contribution in [1.82, 2.24) is 0 Å². The average Bonchev–Trinajstić information content (AvgIpc) is 3.36. The smallest absolute Gasteiger partial charge is 0.336 e. The number of esters is 1. The molecular formula is C35H74O9Si4. The van der Waals surface area contributed by atoms with Gasteiger partial charge in [-0.05, 0) is 79.5 Å².